The Morgan fingerprint density at radius 1 is 1.41 bits per heavy atom. The van der Waals surface area contributed by atoms with E-state index in [1.165, 1.54) is 0 Å². The Bertz CT molecular complexity index is 396. The van der Waals surface area contributed by atoms with Crippen molar-refractivity contribution >= 4 is 11.9 Å². The molecule has 0 atom stereocenters. The Morgan fingerprint density at radius 3 is 2.65 bits per heavy atom. The molecule has 0 aliphatic heterocycles. The topological polar surface area (TPSA) is 68.3 Å². The first-order chi connectivity index (χ1) is 7.88. The summed E-state index contributed by atoms with van der Waals surface area (Å²) in [6, 6.07) is 3.57. The van der Waals surface area contributed by atoms with Gasteiger partial charge in [-0.25, -0.2) is 4.79 Å². The second-order valence-corrected chi connectivity index (χ2v) is 4.55. The summed E-state index contributed by atoms with van der Waals surface area (Å²) in [7, 11) is 0. The number of hydrogen-bond acceptors (Lipinski definition) is 4. The van der Waals surface area contributed by atoms with Crippen molar-refractivity contribution in [1.82, 2.24) is 10.3 Å². The summed E-state index contributed by atoms with van der Waals surface area (Å²) in [4.78, 5) is 26.6. The highest BCUT2D eigenvalue weighted by molar-refractivity contribution is 6.32. The van der Waals surface area contributed by atoms with Crippen molar-refractivity contribution in [2.75, 3.05) is 0 Å². The van der Waals surface area contributed by atoms with E-state index in [0.29, 0.717) is 0 Å². The van der Waals surface area contributed by atoms with Crippen molar-refractivity contribution in [3.05, 3.63) is 30.1 Å². The summed E-state index contributed by atoms with van der Waals surface area (Å²) in [6.45, 7) is 5.38. The van der Waals surface area contributed by atoms with Crippen molar-refractivity contribution in [2.45, 2.75) is 32.9 Å². The minimum absolute atomic E-state index is 0.256. The molecular formula is C12H16N2O3. The third-order valence-electron chi connectivity index (χ3n) is 1.76. The standard InChI is InChI=1S/C12H16N2O3/c1-12(2,3)17-11(16)10(15)14-8-9-5-4-6-13-7-9/h4-7H,8H2,1-3H3,(H,14,15). The Balaban J connectivity index is 2.43. The van der Waals surface area contributed by atoms with Crippen LogP contribution in [0.4, 0.5) is 0 Å². The normalized spacial score (nSPS) is 10.8. The van der Waals surface area contributed by atoms with E-state index in [1.54, 1.807) is 39.2 Å². The van der Waals surface area contributed by atoms with Gasteiger partial charge in [0.1, 0.15) is 5.60 Å². The lowest BCUT2D eigenvalue weighted by atomic mass is 10.2. The van der Waals surface area contributed by atoms with Crippen LogP contribution < -0.4 is 5.32 Å². The zero-order valence-electron chi connectivity index (χ0n) is 10.2. The number of carbonyl (C=O) groups excluding carboxylic acids is 2. The maximum atomic E-state index is 11.4. The molecule has 0 bridgehead atoms. The van der Waals surface area contributed by atoms with Crippen LogP contribution in [0.3, 0.4) is 0 Å². The molecule has 5 nitrogen and oxygen atoms in total. The first-order valence-corrected chi connectivity index (χ1v) is 5.28. The maximum Gasteiger partial charge on any atom is 0.397 e. The lowest BCUT2D eigenvalue weighted by molar-refractivity contribution is -0.163. The number of nitrogens with zero attached hydrogens (tertiary/aromatic N) is 1. The van der Waals surface area contributed by atoms with Crippen LogP contribution in [0.15, 0.2) is 24.5 Å². The van der Waals surface area contributed by atoms with Crippen LogP contribution in [0.2, 0.25) is 0 Å². The number of carbonyl (C=O) groups is 2. The first kappa shape index (κ1) is 13.2. The predicted octanol–water partition coefficient (Wildman–Crippen LogP) is 1.04. The molecule has 92 valence electrons. The molecule has 0 saturated carbocycles. The maximum absolute atomic E-state index is 11.4. The summed E-state index contributed by atoms with van der Waals surface area (Å²) in [5.41, 5.74) is 0.160. The minimum Gasteiger partial charge on any atom is -0.453 e. The molecule has 1 aromatic heterocycles. The van der Waals surface area contributed by atoms with Crippen molar-refractivity contribution in [3.63, 3.8) is 0 Å². The van der Waals surface area contributed by atoms with Crippen LogP contribution in [0.1, 0.15) is 26.3 Å². The van der Waals surface area contributed by atoms with Gasteiger partial charge in [0.25, 0.3) is 0 Å². The van der Waals surface area contributed by atoms with E-state index in [4.69, 9.17) is 4.74 Å². The fourth-order valence-corrected chi connectivity index (χ4v) is 1.08. The van der Waals surface area contributed by atoms with Crippen LogP contribution >= 0.6 is 0 Å². The van der Waals surface area contributed by atoms with Gasteiger partial charge in [-0.1, -0.05) is 6.07 Å². The monoisotopic (exact) mass is 236 g/mol. The third kappa shape index (κ3) is 5.10. The van der Waals surface area contributed by atoms with Gasteiger partial charge in [-0.2, -0.15) is 0 Å². The van der Waals surface area contributed by atoms with E-state index >= 15 is 0 Å². The van der Waals surface area contributed by atoms with Crippen LogP contribution in [-0.2, 0) is 20.9 Å². The molecular weight excluding hydrogens is 220 g/mol. The van der Waals surface area contributed by atoms with Crippen molar-refractivity contribution in [3.8, 4) is 0 Å². The molecule has 0 radical (unpaired) electrons. The highest BCUT2D eigenvalue weighted by atomic mass is 16.6. The molecule has 0 aliphatic rings. The van der Waals surface area contributed by atoms with Gasteiger partial charge in [0.15, 0.2) is 0 Å². The number of hydrogen-bond donors (Lipinski definition) is 1. The lowest BCUT2D eigenvalue weighted by Gasteiger charge is -2.18. The van der Waals surface area contributed by atoms with Gasteiger partial charge in [0.2, 0.25) is 0 Å². The van der Waals surface area contributed by atoms with Crippen LogP contribution in [0.5, 0.6) is 0 Å². The van der Waals surface area contributed by atoms with E-state index < -0.39 is 17.5 Å². The summed E-state index contributed by atoms with van der Waals surface area (Å²) < 4.78 is 4.92. The van der Waals surface area contributed by atoms with E-state index in [9.17, 15) is 9.59 Å². The molecule has 0 spiro atoms. The number of aromatic nitrogens is 1. The Hall–Kier alpha value is -1.91. The largest absolute Gasteiger partial charge is 0.453 e. The predicted molar refractivity (Wildman–Crippen MR) is 61.9 cm³/mol. The highest BCUT2D eigenvalue weighted by Gasteiger charge is 2.22. The van der Waals surface area contributed by atoms with E-state index in [1.807, 2.05) is 6.07 Å². The fourth-order valence-electron chi connectivity index (χ4n) is 1.08. The first-order valence-electron chi connectivity index (χ1n) is 5.28. The Labute approximate surface area is 100 Å². The molecule has 0 saturated heterocycles. The number of esters is 1. The Morgan fingerprint density at radius 2 is 2.12 bits per heavy atom. The summed E-state index contributed by atoms with van der Waals surface area (Å²) >= 11 is 0. The molecule has 0 aliphatic carbocycles. The van der Waals surface area contributed by atoms with Gasteiger partial charge in [0.05, 0.1) is 0 Å². The summed E-state index contributed by atoms with van der Waals surface area (Å²) in [5, 5.41) is 2.47. The fraction of sp³-hybridized carbons (Fsp3) is 0.417. The molecule has 1 aromatic rings. The second-order valence-electron chi connectivity index (χ2n) is 4.55. The molecule has 1 amide bonds. The van der Waals surface area contributed by atoms with E-state index in [2.05, 4.69) is 10.3 Å². The van der Waals surface area contributed by atoms with Crippen molar-refractivity contribution in [2.24, 2.45) is 0 Å². The molecule has 1 N–H and O–H groups in total. The summed E-state index contributed by atoms with van der Waals surface area (Å²) in [6.07, 6.45) is 3.26. The van der Waals surface area contributed by atoms with Crippen molar-refractivity contribution in [1.29, 1.82) is 0 Å². The van der Waals surface area contributed by atoms with Crippen LogP contribution in [0.25, 0.3) is 0 Å². The minimum atomic E-state index is -0.874. The number of nitrogens with one attached hydrogen (secondary N) is 1. The average molecular weight is 236 g/mol. The molecule has 17 heavy (non-hydrogen) atoms. The van der Waals surface area contributed by atoms with Gasteiger partial charge < -0.3 is 10.1 Å². The third-order valence-corrected chi connectivity index (χ3v) is 1.76. The van der Waals surface area contributed by atoms with Crippen molar-refractivity contribution < 1.29 is 14.3 Å². The average Bonchev–Trinajstić information content (AvgIpc) is 2.25. The van der Waals surface area contributed by atoms with Crippen LogP contribution in [0, 0.1) is 0 Å². The number of ether oxygens (including phenoxy) is 1. The van der Waals surface area contributed by atoms with E-state index in [-0.39, 0.29) is 6.54 Å². The van der Waals surface area contributed by atoms with Crippen LogP contribution in [-0.4, -0.2) is 22.5 Å². The number of rotatable bonds is 2. The second kappa shape index (κ2) is 5.43. The SMILES string of the molecule is CC(C)(C)OC(=O)C(=O)NCc1cccnc1. The molecule has 0 fully saturated rings. The molecule has 0 unspecified atom stereocenters. The Kier molecular flexibility index (Phi) is 4.20. The number of amides is 1. The smallest absolute Gasteiger partial charge is 0.397 e. The van der Waals surface area contributed by atoms with Gasteiger partial charge >= 0.3 is 11.9 Å². The van der Waals surface area contributed by atoms with Gasteiger partial charge in [0, 0.05) is 18.9 Å². The zero-order chi connectivity index (χ0) is 12.9. The molecule has 0 aromatic carbocycles. The van der Waals surface area contributed by atoms with E-state index in [0.717, 1.165) is 5.56 Å². The highest BCUT2D eigenvalue weighted by Crippen LogP contribution is 2.06. The van der Waals surface area contributed by atoms with Gasteiger partial charge in [-0.05, 0) is 32.4 Å². The van der Waals surface area contributed by atoms with Gasteiger partial charge in [-0.3, -0.25) is 9.78 Å². The molecule has 1 heterocycles. The lowest BCUT2D eigenvalue weighted by Crippen LogP contribution is -2.36. The quantitative estimate of drug-likeness (QED) is 0.615. The van der Waals surface area contributed by atoms with Gasteiger partial charge in [-0.15, -0.1) is 0 Å². The zero-order valence-corrected chi connectivity index (χ0v) is 10.2. The number of pyridine rings is 1. The molecule has 1 rings (SSSR count). The molecule has 5 heteroatoms. The summed E-state index contributed by atoms with van der Waals surface area (Å²) in [5.74, 6) is -1.62.